The zero-order valence-electron chi connectivity index (χ0n) is 10.7. The summed E-state index contributed by atoms with van der Waals surface area (Å²) in [6, 6.07) is 8.96. The molecule has 0 heterocycles. The molecule has 0 spiro atoms. The van der Waals surface area contributed by atoms with Crippen LogP contribution in [0.15, 0.2) is 36.4 Å². The molecule has 2 rings (SSSR count). The highest BCUT2D eigenvalue weighted by atomic mass is 35.5. The first-order valence-electron chi connectivity index (χ1n) is 6.16. The fraction of sp³-hybridized carbons (Fsp3) is 0.200. The smallest absolute Gasteiger partial charge is 0.165 e. The standard InChI is InChI=1S/C15H14ClF2NO/c16-12-8-10(4-5-13(12)17)9-20-15-11(6-7-19)2-1-3-14(15)18/h1-5,8H,6-7,9,19H2. The van der Waals surface area contributed by atoms with Gasteiger partial charge in [0.2, 0.25) is 0 Å². The number of rotatable bonds is 5. The molecular formula is C15H14ClF2NO. The van der Waals surface area contributed by atoms with Crippen LogP contribution in [-0.4, -0.2) is 6.54 Å². The Balaban J connectivity index is 2.15. The first kappa shape index (κ1) is 14.8. The minimum Gasteiger partial charge on any atom is -0.486 e. The van der Waals surface area contributed by atoms with Crippen molar-refractivity contribution < 1.29 is 13.5 Å². The normalized spacial score (nSPS) is 10.6. The molecule has 2 N–H and O–H groups in total. The van der Waals surface area contributed by atoms with E-state index in [1.807, 2.05) is 0 Å². The van der Waals surface area contributed by atoms with Crippen molar-refractivity contribution in [3.05, 3.63) is 64.2 Å². The fourth-order valence-electron chi connectivity index (χ4n) is 1.85. The van der Waals surface area contributed by atoms with Crippen LogP contribution in [0.1, 0.15) is 11.1 Å². The molecule has 2 aromatic rings. The van der Waals surface area contributed by atoms with E-state index in [4.69, 9.17) is 22.1 Å². The average molecular weight is 298 g/mol. The highest BCUT2D eigenvalue weighted by Crippen LogP contribution is 2.25. The topological polar surface area (TPSA) is 35.2 Å². The Kier molecular flexibility index (Phi) is 4.93. The highest BCUT2D eigenvalue weighted by Gasteiger charge is 2.10. The summed E-state index contributed by atoms with van der Waals surface area (Å²) in [5.74, 6) is -0.757. The van der Waals surface area contributed by atoms with Crippen LogP contribution in [0.3, 0.4) is 0 Å². The van der Waals surface area contributed by atoms with Gasteiger partial charge in [-0.3, -0.25) is 0 Å². The third kappa shape index (κ3) is 3.46. The fourth-order valence-corrected chi connectivity index (χ4v) is 2.06. The second-order valence-corrected chi connectivity index (χ2v) is 4.71. The van der Waals surface area contributed by atoms with Gasteiger partial charge < -0.3 is 10.5 Å². The monoisotopic (exact) mass is 297 g/mol. The lowest BCUT2D eigenvalue weighted by Crippen LogP contribution is -2.06. The maximum atomic E-state index is 13.8. The molecule has 0 aliphatic heterocycles. The third-order valence-electron chi connectivity index (χ3n) is 2.83. The number of hydrogen-bond acceptors (Lipinski definition) is 2. The Hall–Kier alpha value is -1.65. The van der Waals surface area contributed by atoms with Crippen LogP contribution < -0.4 is 10.5 Å². The van der Waals surface area contributed by atoms with E-state index in [1.54, 1.807) is 18.2 Å². The lowest BCUT2D eigenvalue weighted by atomic mass is 10.1. The second kappa shape index (κ2) is 6.68. The molecule has 0 aliphatic carbocycles. The molecule has 20 heavy (non-hydrogen) atoms. The number of hydrogen-bond donors (Lipinski definition) is 1. The minimum absolute atomic E-state index is 0.0156. The molecule has 106 valence electrons. The number of para-hydroxylation sites is 1. The van der Waals surface area contributed by atoms with Crippen LogP contribution in [0.2, 0.25) is 5.02 Å². The first-order chi connectivity index (χ1) is 9.61. The summed E-state index contributed by atoms with van der Waals surface area (Å²) in [5, 5.41) is 0.0156. The van der Waals surface area contributed by atoms with Gasteiger partial charge in [-0.25, -0.2) is 8.78 Å². The SMILES string of the molecule is NCCc1cccc(F)c1OCc1ccc(F)c(Cl)c1. The maximum Gasteiger partial charge on any atom is 0.165 e. The summed E-state index contributed by atoms with van der Waals surface area (Å²) in [7, 11) is 0. The average Bonchev–Trinajstić information content (AvgIpc) is 2.42. The summed E-state index contributed by atoms with van der Waals surface area (Å²) < 4.78 is 32.3. The van der Waals surface area contributed by atoms with Gasteiger partial charge in [0.15, 0.2) is 11.6 Å². The van der Waals surface area contributed by atoms with E-state index in [1.165, 1.54) is 18.2 Å². The van der Waals surface area contributed by atoms with E-state index in [2.05, 4.69) is 0 Å². The van der Waals surface area contributed by atoms with Crippen LogP contribution in [0, 0.1) is 11.6 Å². The van der Waals surface area contributed by atoms with E-state index < -0.39 is 11.6 Å². The van der Waals surface area contributed by atoms with Gasteiger partial charge in [0, 0.05) is 0 Å². The van der Waals surface area contributed by atoms with Gasteiger partial charge in [0.05, 0.1) is 5.02 Å². The molecule has 0 aliphatic rings. The van der Waals surface area contributed by atoms with Crippen molar-refractivity contribution in [2.24, 2.45) is 5.73 Å². The molecule has 0 saturated carbocycles. The number of ether oxygens (including phenoxy) is 1. The van der Waals surface area contributed by atoms with Gasteiger partial charge >= 0.3 is 0 Å². The van der Waals surface area contributed by atoms with E-state index in [0.29, 0.717) is 24.1 Å². The summed E-state index contributed by atoms with van der Waals surface area (Å²) in [6.07, 6.45) is 0.525. The van der Waals surface area contributed by atoms with E-state index in [0.717, 1.165) is 0 Å². The Morgan fingerprint density at radius 3 is 2.60 bits per heavy atom. The van der Waals surface area contributed by atoms with Gasteiger partial charge in [-0.2, -0.15) is 0 Å². The molecule has 2 aromatic carbocycles. The Bertz CT molecular complexity index is 604. The summed E-state index contributed by atoms with van der Waals surface area (Å²) >= 11 is 5.69. The van der Waals surface area contributed by atoms with Crippen LogP contribution in [0.25, 0.3) is 0 Å². The highest BCUT2D eigenvalue weighted by molar-refractivity contribution is 6.30. The predicted octanol–water partition coefficient (Wildman–Crippen LogP) is 3.70. The molecule has 0 radical (unpaired) electrons. The van der Waals surface area contributed by atoms with E-state index >= 15 is 0 Å². The molecule has 0 aromatic heterocycles. The lowest BCUT2D eigenvalue weighted by molar-refractivity contribution is 0.287. The van der Waals surface area contributed by atoms with Crippen molar-refractivity contribution in [3.63, 3.8) is 0 Å². The van der Waals surface area contributed by atoms with Gasteiger partial charge in [-0.1, -0.05) is 29.8 Å². The Morgan fingerprint density at radius 2 is 1.90 bits per heavy atom. The number of nitrogens with two attached hydrogens (primary N) is 1. The summed E-state index contributed by atoms with van der Waals surface area (Å²) in [5.41, 5.74) is 6.86. The quantitative estimate of drug-likeness (QED) is 0.913. The molecule has 0 unspecified atom stereocenters. The van der Waals surface area contributed by atoms with Crippen LogP contribution in [0.5, 0.6) is 5.75 Å². The first-order valence-corrected chi connectivity index (χ1v) is 6.54. The Morgan fingerprint density at radius 1 is 1.10 bits per heavy atom. The van der Waals surface area contributed by atoms with Crippen molar-refractivity contribution in [2.75, 3.05) is 6.54 Å². The molecule has 0 fully saturated rings. The van der Waals surface area contributed by atoms with Gasteiger partial charge in [0.1, 0.15) is 12.4 Å². The zero-order valence-corrected chi connectivity index (χ0v) is 11.5. The third-order valence-corrected chi connectivity index (χ3v) is 3.12. The molecule has 5 heteroatoms. The molecule has 2 nitrogen and oxygen atoms in total. The molecule has 0 saturated heterocycles. The van der Waals surface area contributed by atoms with Crippen LogP contribution >= 0.6 is 11.6 Å². The van der Waals surface area contributed by atoms with Crippen molar-refractivity contribution in [1.29, 1.82) is 0 Å². The van der Waals surface area contributed by atoms with Crippen LogP contribution in [-0.2, 0) is 13.0 Å². The summed E-state index contributed by atoms with van der Waals surface area (Å²) in [4.78, 5) is 0. The number of halogens is 3. The van der Waals surface area contributed by atoms with Gasteiger partial charge in [0.25, 0.3) is 0 Å². The lowest BCUT2D eigenvalue weighted by Gasteiger charge is -2.12. The van der Waals surface area contributed by atoms with Gasteiger partial charge in [-0.15, -0.1) is 0 Å². The Labute approximate surface area is 121 Å². The van der Waals surface area contributed by atoms with Crippen LogP contribution in [0.4, 0.5) is 8.78 Å². The maximum absolute atomic E-state index is 13.8. The van der Waals surface area contributed by atoms with Crippen molar-refractivity contribution in [3.8, 4) is 5.75 Å². The van der Waals surface area contributed by atoms with Gasteiger partial charge in [-0.05, 0) is 42.3 Å². The molecule has 0 bridgehead atoms. The van der Waals surface area contributed by atoms with E-state index in [9.17, 15) is 8.78 Å². The van der Waals surface area contributed by atoms with Crippen molar-refractivity contribution in [2.45, 2.75) is 13.0 Å². The minimum atomic E-state index is -0.495. The molecular weight excluding hydrogens is 284 g/mol. The summed E-state index contributed by atoms with van der Waals surface area (Å²) in [6.45, 7) is 0.515. The largest absolute Gasteiger partial charge is 0.486 e. The predicted molar refractivity (Wildman–Crippen MR) is 74.9 cm³/mol. The number of benzene rings is 2. The van der Waals surface area contributed by atoms with Crippen molar-refractivity contribution in [1.82, 2.24) is 0 Å². The second-order valence-electron chi connectivity index (χ2n) is 4.30. The zero-order chi connectivity index (χ0) is 14.5. The molecule has 0 amide bonds. The molecule has 0 atom stereocenters. The van der Waals surface area contributed by atoms with E-state index in [-0.39, 0.29) is 17.4 Å². The van der Waals surface area contributed by atoms with Crippen molar-refractivity contribution >= 4 is 11.6 Å².